The molecule has 2 aromatic rings. The van der Waals surface area contributed by atoms with Gasteiger partial charge in [0.1, 0.15) is 13.2 Å². The Balaban J connectivity index is 1.92. The van der Waals surface area contributed by atoms with Crippen LogP contribution in [-0.2, 0) is 16.6 Å². The molecule has 0 saturated heterocycles. The van der Waals surface area contributed by atoms with Crippen molar-refractivity contribution >= 4 is 15.9 Å². The van der Waals surface area contributed by atoms with Crippen LogP contribution in [0.25, 0.3) is 0 Å². The van der Waals surface area contributed by atoms with Gasteiger partial charge in [0, 0.05) is 24.2 Å². The number of carbonyl (C=O) groups is 1. The SMILES string of the molecule is CCN(Cc1cccc2c1OCCO2)C(=O)c1cc(S(=O)(=O)NC)ccc1C. The van der Waals surface area contributed by atoms with E-state index in [0.717, 1.165) is 5.56 Å². The van der Waals surface area contributed by atoms with E-state index in [-0.39, 0.29) is 10.8 Å². The second-order valence-electron chi connectivity index (χ2n) is 6.44. The standard InChI is InChI=1S/C20H24N2O5S/c1-4-22(13-15-6-5-7-18-19(15)27-11-10-26-18)20(23)17-12-16(9-8-14(17)2)28(24,25)21-3/h5-9,12,21H,4,10-11,13H2,1-3H3. The van der Waals surface area contributed by atoms with Crippen molar-refractivity contribution in [3.8, 4) is 11.5 Å². The van der Waals surface area contributed by atoms with Crippen molar-refractivity contribution in [2.75, 3.05) is 26.8 Å². The monoisotopic (exact) mass is 404 g/mol. The quantitative estimate of drug-likeness (QED) is 0.799. The minimum atomic E-state index is -3.63. The zero-order valence-electron chi connectivity index (χ0n) is 16.2. The zero-order chi connectivity index (χ0) is 20.3. The summed E-state index contributed by atoms with van der Waals surface area (Å²) < 4.78 is 37.8. The number of benzene rings is 2. The molecular formula is C20H24N2O5S. The van der Waals surface area contributed by atoms with Crippen LogP contribution >= 0.6 is 0 Å². The molecule has 8 heteroatoms. The van der Waals surface area contributed by atoms with Crippen molar-refractivity contribution in [1.29, 1.82) is 0 Å². The van der Waals surface area contributed by atoms with Crippen LogP contribution in [0.15, 0.2) is 41.3 Å². The summed E-state index contributed by atoms with van der Waals surface area (Å²) in [6.07, 6.45) is 0. The lowest BCUT2D eigenvalue weighted by atomic mass is 10.1. The van der Waals surface area contributed by atoms with E-state index in [2.05, 4.69) is 4.72 Å². The van der Waals surface area contributed by atoms with Crippen LogP contribution in [0.3, 0.4) is 0 Å². The van der Waals surface area contributed by atoms with Gasteiger partial charge in [0.15, 0.2) is 11.5 Å². The predicted octanol–water partition coefficient (Wildman–Crippen LogP) is 2.34. The largest absolute Gasteiger partial charge is 0.486 e. The second kappa shape index (κ2) is 8.20. The fraction of sp³-hybridized carbons (Fsp3) is 0.350. The van der Waals surface area contributed by atoms with Gasteiger partial charge in [-0.05, 0) is 44.7 Å². The number of hydrogen-bond donors (Lipinski definition) is 1. The van der Waals surface area contributed by atoms with Crippen molar-refractivity contribution in [2.24, 2.45) is 0 Å². The van der Waals surface area contributed by atoms with E-state index in [1.165, 1.54) is 19.2 Å². The third-order valence-electron chi connectivity index (χ3n) is 4.70. The summed E-state index contributed by atoms with van der Waals surface area (Å²) in [5.74, 6) is 1.09. The van der Waals surface area contributed by atoms with E-state index in [4.69, 9.17) is 9.47 Å². The molecule has 28 heavy (non-hydrogen) atoms. The summed E-state index contributed by atoms with van der Waals surface area (Å²) in [4.78, 5) is 14.9. The smallest absolute Gasteiger partial charge is 0.254 e. The van der Waals surface area contributed by atoms with Crippen molar-refractivity contribution < 1.29 is 22.7 Å². The number of hydrogen-bond acceptors (Lipinski definition) is 5. The van der Waals surface area contributed by atoms with Crippen LogP contribution in [0.5, 0.6) is 11.5 Å². The molecule has 1 amide bonds. The average Bonchev–Trinajstić information content (AvgIpc) is 2.71. The summed E-state index contributed by atoms with van der Waals surface area (Å²) >= 11 is 0. The minimum absolute atomic E-state index is 0.0637. The molecule has 0 bridgehead atoms. The summed E-state index contributed by atoms with van der Waals surface area (Å²) in [6.45, 7) is 5.44. The highest BCUT2D eigenvalue weighted by molar-refractivity contribution is 7.89. The molecule has 150 valence electrons. The topological polar surface area (TPSA) is 84.9 Å². The Morgan fingerprint density at radius 1 is 1.18 bits per heavy atom. The molecule has 7 nitrogen and oxygen atoms in total. The molecule has 0 radical (unpaired) electrons. The lowest BCUT2D eigenvalue weighted by molar-refractivity contribution is 0.0748. The molecule has 0 unspecified atom stereocenters. The molecule has 1 N–H and O–H groups in total. The van der Waals surface area contributed by atoms with Gasteiger partial charge < -0.3 is 14.4 Å². The number of carbonyl (C=O) groups excluding carboxylic acids is 1. The van der Waals surface area contributed by atoms with E-state index in [1.807, 2.05) is 25.1 Å². The first kappa shape index (κ1) is 20.2. The van der Waals surface area contributed by atoms with Crippen molar-refractivity contribution in [1.82, 2.24) is 9.62 Å². The van der Waals surface area contributed by atoms with Crippen LogP contribution in [0.1, 0.15) is 28.4 Å². The van der Waals surface area contributed by atoms with Crippen LogP contribution in [0, 0.1) is 6.92 Å². The van der Waals surface area contributed by atoms with E-state index in [0.29, 0.717) is 48.9 Å². The van der Waals surface area contributed by atoms with Gasteiger partial charge >= 0.3 is 0 Å². The Morgan fingerprint density at radius 2 is 1.93 bits per heavy atom. The molecule has 0 aliphatic carbocycles. The lowest BCUT2D eigenvalue weighted by Crippen LogP contribution is -2.31. The minimum Gasteiger partial charge on any atom is -0.486 e. The fourth-order valence-electron chi connectivity index (χ4n) is 3.08. The molecular weight excluding hydrogens is 380 g/mol. The van der Waals surface area contributed by atoms with Crippen molar-refractivity contribution in [2.45, 2.75) is 25.3 Å². The first-order valence-corrected chi connectivity index (χ1v) is 10.6. The third-order valence-corrected chi connectivity index (χ3v) is 6.11. The molecule has 3 rings (SSSR count). The van der Waals surface area contributed by atoms with E-state index < -0.39 is 10.0 Å². The number of para-hydroxylation sites is 1. The summed E-state index contributed by atoms with van der Waals surface area (Å²) in [5, 5.41) is 0. The van der Waals surface area contributed by atoms with Gasteiger partial charge in [-0.1, -0.05) is 18.2 Å². The summed E-state index contributed by atoms with van der Waals surface area (Å²) in [6, 6.07) is 10.2. The number of nitrogens with zero attached hydrogens (tertiary/aromatic N) is 1. The Kier molecular flexibility index (Phi) is 5.90. The van der Waals surface area contributed by atoms with Gasteiger partial charge in [0.2, 0.25) is 10.0 Å². The molecule has 0 fully saturated rings. The van der Waals surface area contributed by atoms with Gasteiger partial charge in [-0.25, -0.2) is 13.1 Å². The van der Waals surface area contributed by atoms with Crippen LogP contribution in [0.4, 0.5) is 0 Å². The van der Waals surface area contributed by atoms with Gasteiger partial charge in [-0.15, -0.1) is 0 Å². The highest BCUT2D eigenvalue weighted by Gasteiger charge is 2.23. The van der Waals surface area contributed by atoms with Gasteiger partial charge in [-0.3, -0.25) is 4.79 Å². The molecule has 0 aromatic heterocycles. The Morgan fingerprint density at radius 3 is 2.64 bits per heavy atom. The van der Waals surface area contributed by atoms with Gasteiger partial charge in [-0.2, -0.15) is 0 Å². The number of amides is 1. The molecule has 0 spiro atoms. The highest BCUT2D eigenvalue weighted by atomic mass is 32.2. The first-order chi connectivity index (χ1) is 13.4. The molecule has 1 aliphatic rings. The fourth-order valence-corrected chi connectivity index (χ4v) is 3.83. The molecule has 0 atom stereocenters. The number of aryl methyl sites for hydroxylation is 1. The molecule has 1 aliphatic heterocycles. The maximum absolute atomic E-state index is 13.2. The number of rotatable bonds is 6. The van der Waals surface area contributed by atoms with E-state index >= 15 is 0 Å². The van der Waals surface area contributed by atoms with Gasteiger partial charge in [0.25, 0.3) is 5.91 Å². The number of nitrogens with one attached hydrogen (secondary N) is 1. The lowest BCUT2D eigenvalue weighted by Gasteiger charge is -2.26. The van der Waals surface area contributed by atoms with Crippen LogP contribution in [0.2, 0.25) is 0 Å². The molecule has 1 heterocycles. The zero-order valence-corrected chi connectivity index (χ0v) is 17.0. The number of sulfonamides is 1. The average molecular weight is 404 g/mol. The van der Waals surface area contributed by atoms with E-state index in [9.17, 15) is 13.2 Å². The summed E-state index contributed by atoms with van der Waals surface area (Å²) in [5.41, 5.74) is 1.93. The number of fused-ring (bicyclic) bond motifs is 1. The maximum atomic E-state index is 13.2. The maximum Gasteiger partial charge on any atom is 0.254 e. The molecule has 2 aromatic carbocycles. The number of ether oxygens (including phenoxy) is 2. The van der Waals surface area contributed by atoms with Crippen molar-refractivity contribution in [3.63, 3.8) is 0 Å². The summed E-state index contributed by atoms with van der Waals surface area (Å²) in [7, 11) is -2.29. The Hall–Kier alpha value is -2.58. The Labute approximate surface area is 165 Å². The first-order valence-electron chi connectivity index (χ1n) is 9.08. The third kappa shape index (κ3) is 3.98. The van der Waals surface area contributed by atoms with E-state index in [1.54, 1.807) is 17.9 Å². The van der Waals surface area contributed by atoms with Crippen LogP contribution in [-0.4, -0.2) is 46.0 Å². The van der Waals surface area contributed by atoms with Crippen molar-refractivity contribution in [3.05, 3.63) is 53.1 Å². The normalized spacial score (nSPS) is 13.2. The van der Waals surface area contributed by atoms with Crippen LogP contribution < -0.4 is 14.2 Å². The second-order valence-corrected chi connectivity index (χ2v) is 8.33. The van der Waals surface area contributed by atoms with Gasteiger partial charge in [0.05, 0.1) is 4.90 Å². The highest BCUT2D eigenvalue weighted by Crippen LogP contribution is 2.34. The Bertz CT molecular complexity index is 988. The predicted molar refractivity (Wildman–Crippen MR) is 105 cm³/mol. The molecule has 0 saturated carbocycles.